The summed E-state index contributed by atoms with van der Waals surface area (Å²) in [5.74, 6) is 0.587. The van der Waals surface area contributed by atoms with E-state index in [4.69, 9.17) is 0 Å². The minimum Gasteiger partial charge on any atom is -0.348 e. The predicted molar refractivity (Wildman–Crippen MR) is 137 cm³/mol. The normalized spacial score (nSPS) is 20.8. The van der Waals surface area contributed by atoms with Gasteiger partial charge in [-0.05, 0) is 81.4 Å². The van der Waals surface area contributed by atoms with Crippen molar-refractivity contribution in [1.82, 2.24) is 14.3 Å². The highest BCUT2D eigenvalue weighted by Crippen LogP contribution is 2.25. The number of allylic oxidation sites excluding steroid dienone is 2. The number of benzene rings is 1. The molecule has 1 N–H and O–H groups in total. The summed E-state index contributed by atoms with van der Waals surface area (Å²) < 4.78 is 3.60. The fourth-order valence-electron chi connectivity index (χ4n) is 5.50. The average molecular weight is 458 g/mol. The van der Waals surface area contributed by atoms with Crippen molar-refractivity contribution in [2.24, 2.45) is 5.92 Å². The van der Waals surface area contributed by atoms with Crippen molar-refractivity contribution in [1.29, 1.82) is 0 Å². The molecule has 2 heterocycles. The van der Waals surface area contributed by atoms with E-state index < -0.39 is 0 Å². The molecule has 0 unspecified atom stereocenters. The second kappa shape index (κ2) is 10.0. The SMILES string of the molecule is CC1CCC(NC(=O)c2cn3c(-c4ccccc4)ccc3c(=O)n2CCC2=CCCCC2)CC1. The topological polar surface area (TPSA) is 55.5 Å². The Labute approximate surface area is 201 Å². The maximum atomic E-state index is 13.6. The van der Waals surface area contributed by atoms with E-state index in [9.17, 15) is 9.59 Å². The van der Waals surface area contributed by atoms with Crippen molar-refractivity contribution in [2.45, 2.75) is 77.3 Å². The van der Waals surface area contributed by atoms with Gasteiger partial charge in [0.05, 0.1) is 5.69 Å². The number of carbonyl (C=O) groups excluding carboxylic acids is 1. The molecule has 178 valence electrons. The molecule has 1 saturated carbocycles. The van der Waals surface area contributed by atoms with Crippen LogP contribution in [0.25, 0.3) is 16.8 Å². The van der Waals surface area contributed by atoms with Crippen LogP contribution in [0.5, 0.6) is 0 Å². The first kappa shape index (κ1) is 22.7. The summed E-state index contributed by atoms with van der Waals surface area (Å²) in [5, 5.41) is 3.25. The van der Waals surface area contributed by atoms with Crippen molar-refractivity contribution < 1.29 is 4.79 Å². The fraction of sp³-hybridized carbons (Fsp3) is 0.448. The molecule has 3 aromatic rings. The van der Waals surface area contributed by atoms with Gasteiger partial charge in [0.25, 0.3) is 11.5 Å². The van der Waals surface area contributed by atoms with Crippen LogP contribution in [0.2, 0.25) is 0 Å². The molecule has 5 heteroatoms. The smallest absolute Gasteiger partial charge is 0.275 e. The minimum atomic E-state index is -0.135. The first-order valence-electron chi connectivity index (χ1n) is 12.9. The third kappa shape index (κ3) is 4.75. The number of carbonyl (C=O) groups is 1. The number of nitrogens with one attached hydrogen (secondary N) is 1. The largest absolute Gasteiger partial charge is 0.348 e. The fourth-order valence-corrected chi connectivity index (χ4v) is 5.50. The zero-order valence-corrected chi connectivity index (χ0v) is 20.1. The monoisotopic (exact) mass is 457 g/mol. The maximum Gasteiger partial charge on any atom is 0.275 e. The quantitative estimate of drug-likeness (QED) is 0.464. The highest BCUT2D eigenvalue weighted by atomic mass is 16.2. The maximum absolute atomic E-state index is 13.6. The lowest BCUT2D eigenvalue weighted by Crippen LogP contribution is -2.40. The highest BCUT2D eigenvalue weighted by molar-refractivity contribution is 5.93. The molecule has 5 rings (SSSR count). The first-order chi connectivity index (χ1) is 16.6. The molecule has 2 aliphatic carbocycles. The summed E-state index contributed by atoms with van der Waals surface area (Å²) in [6, 6.07) is 14.1. The summed E-state index contributed by atoms with van der Waals surface area (Å²) in [6.45, 7) is 2.82. The molecule has 1 amide bonds. The number of aromatic nitrogens is 2. The molecule has 1 aromatic carbocycles. The van der Waals surface area contributed by atoms with Crippen molar-refractivity contribution in [3.05, 3.63) is 76.4 Å². The zero-order chi connectivity index (χ0) is 23.5. The Kier molecular flexibility index (Phi) is 6.70. The summed E-state index contributed by atoms with van der Waals surface area (Å²) >= 11 is 0. The number of amides is 1. The van der Waals surface area contributed by atoms with Crippen LogP contribution in [0.15, 0.2) is 65.1 Å². The number of fused-ring (bicyclic) bond motifs is 1. The lowest BCUT2D eigenvalue weighted by molar-refractivity contribution is 0.0911. The molecule has 0 radical (unpaired) electrons. The average Bonchev–Trinajstić information content (AvgIpc) is 3.30. The Balaban J connectivity index is 1.52. The van der Waals surface area contributed by atoms with Crippen LogP contribution in [-0.4, -0.2) is 20.9 Å². The first-order valence-corrected chi connectivity index (χ1v) is 12.9. The van der Waals surface area contributed by atoms with Crippen molar-refractivity contribution in [3.63, 3.8) is 0 Å². The van der Waals surface area contributed by atoms with Crippen LogP contribution < -0.4 is 10.9 Å². The van der Waals surface area contributed by atoms with E-state index in [1.54, 1.807) is 4.57 Å². The third-order valence-corrected chi connectivity index (χ3v) is 7.62. The van der Waals surface area contributed by atoms with E-state index in [1.165, 1.54) is 18.4 Å². The molecular formula is C29H35N3O2. The van der Waals surface area contributed by atoms with E-state index >= 15 is 0 Å². The van der Waals surface area contributed by atoms with Gasteiger partial charge in [-0.1, -0.05) is 48.9 Å². The third-order valence-electron chi connectivity index (χ3n) is 7.62. The Morgan fingerprint density at radius 1 is 1.03 bits per heavy atom. The number of rotatable bonds is 6. The Morgan fingerprint density at radius 2 is 1.82 bits per heavy atom. The lowest BCUT2D eigenvalue weighted by atomic mass is 9.87. The summed E-state index contributed by atoms with van der Waals surface area (Å²) in [4.78, 5) is 27.2. The second-order valence-electron chi connectivity index (χ2n) is 10.1. The minimum absolute atomic E-state index is 0.0940. The van der Waals surface area contributed by atoms with Crippen molar-refractivity contribution in [3.8, 4) is 11.3 Å². The molecule has 1 fully saturated rings. The van der Waals surface area contributed by atoms with E-state index in [0.29, 0.717) is 17.8 Å². The molecule has 0 saturated heterocycles. The van der Waals surface area contributed by atoms with Gasteiger partial charge in [-0.3, -0.25) is 9.59 Å². The summed E-state index contributed by atoms with van der Waals surface area (Å²) in [7, 11) is 0. The highest BCUT2D eigenvalue weighted by Gasteiger charge is 2.23. The van der Waals surface area contributed by atoms with Crippen LogP contribution in [0.4, 0.5) is 0 Å². The van der Waals surface area contributed by atoms with Gasteiger partial charge in [-0.2, -0.15) is 0 Å². The molecular weight excluding hydrogens is 422 g/mol. The van der Waals surface area contributed by atoms with Gasteiger partial charge in [-0.15, -0.1) is 0 Å². The molecule has 2 aliphatic rings. The Hall–Kier alpha value is -3.08. The van der Waals surface area contributed by atoms with Gasteiger partial charge < -0.3 is 14.3 Å². The molecule has 5 nitrogen and oxygen atoms in total. The van der Waals surface area contributed by atoms with E-state index in [1.807, 2.05) is 53.1 Å². The van der Waals surface area contributed by atoms with Gasteiger partial charge in [0.15, 0.2) is 0 Å². The Bertz CT molecular complexity index is 1240. The van der Waals surface area contributed by atoms with Gasteiger partial charge in [0, 0.05) is 18.8 Å². The summed E-state index contributed by atoms with van der Waals surface area (Å²) in [5.41, 5.74) is 4.34. The van der Waals surface area contributed by atoms with Crippen LogP contribution >= 0.6 is 0 Å². The molecule has 34 heavy (non-hydrogen) atoms. The van der Waals surface area contributed by atoms with E-state index in [0.717, 1.165) is 62.1 Å². The molecule has 2 aromatic heterocycles. The predicted octanol–water partition coefficient (Wildman–Crippen LogP) is 5.97. The Morgan fingerprint density at radius 3 is 2.56 bits per heavy atom. The van der Waals surface area contributed by atoms with Gasteiger partial charge in [0.2, 0.25) is 0 Å². The number of hydrogen-bond acceptors (Lipinski definition) is 2. The van der Waals surface area contributed by atoms with Gasteiger partial charge in [0.1, 0.15) is 11.2 Å². The second-order valence-corrected chi connectivity index (χ2v) is 10.1. The van der Waals surface area contributed by atoms with E-state index in [2.05, 4.69) is 18.3 Å². The van der Waals surface area contributed by atoms with Crippen molar-refractivity contribution >= 4 is 11.4 Å². The number of hydrogen-bond donors (Lipinski definition) is 1. The molecule has 0 atom stereocenters. The lowest BCUT2D eigenvalue weighted by Gasteiger charge is -2.27. The molecule has 0 spiro atoms. The standard InChI is InChI=1S/C29H35N3O2/c1-21-12-14-24(15-13-21)30-28(33)27-20-32-25(23-10-6-3-7-11-23)16-17-26(32)29(34)31(27)19-18-22-8-4-2-5-9-22/h3,6-8,10-11,16-17,20-21,24H,2,4-5,9,12-15,18-19H2,1H3,(H,30,33). The summed E-state index contributed by atoms with van der Waals surface area (Å²) in [6.07, 6.45) is 14.0. The van der Waals surface area contributed by atoms with Crippen LogP contribution in [0, 0.1) is 5.92 Å². The van der Waals surface area contributed by atoms with Gasteiger partial charge in [-0.25, -0.2) is 0 Å². The molecule has 0 aliphatic heterocycles. The number of nitrogens with zero attached hydrogens (tertiary/aromatic N) is 2. The molecule has 0 bridgehead atoms. The zero-order valence-electron chi connectivity index (χ0n) is 20.1. The van der Waals surface area contributed by atoms with Gasteiger partial charge >= 0.3 is 0 Å². The van der Waals surface area contributed by atoms with Crippen LogP contribution in [-0.2, 0) is 6.54 Å². The van der Waals surface area contributed by atoms with Crippen LogP contribution in [0.1, 0.15) is 75.2 Å². The van der Waals surface area contributed by atoms with E-state index in [-0.39, 0.29) is 17.5 Å². The van der Waals surface area contributed by atoms with Crippen molar-refractivity contribution in [2.75, 3.05) is 0 Å². The van der Waals surface area contributed by atoms with Crippen LogP contribution in [0.3, 0.4) is 0 Å².